The van der Waals surface area contributed by atoms with Gasteiger partial charge in [0.2, 0.25) is 5.91 Å². The molecule has 7 heteroatoms. The Balaban J connectivity index is 1.68. The number of fused-ring (bicyclic) bond motifs is 1. The van der Waals surface area contributed by atoms with Crippen molar-refractivity contribution in [2.45, 2.75) is 31.7 Å². The van der Waals surface area contributed by atoms with Crippen LogP contribution in [-0.2, 0) is 10.3 Å². The fraction of sp³-hybridized carbons (Fsp3) is 0.179. The Morgan fingerprint density at radius 3 is 2.40 bits per heavy atom. The van der Waals surface area contributed by atoms with Crippen LogP contribution in [0.15, 0.2) is 72.9 Å². The number of rotatable bonds is 6. The second-order valence-electron chi connectivity index (χ2n) is 9.02. The van der Waals surface area contributed by atoms with Crippen LogP contribution >= 0.6 is 0 Å². The highest BCUT2D eigenvalue weighted by atomic mass is 16.4. The quantitative estimate of drug-likeness (QED) is 0.343. The molecule has 0 radical (unpaired) electrons. The fourth-order valence-corrected chi connectivity index (χ4v) is 4.85. The van der Waals surface area contributed by atoms with Crippen molar-refractivity contribution in [2.75, 3.05) is 0 Å². The maximum atomic E-state index is 11.4. The first-order valence-electron chi connectivity index (χ1n) is 11.5. The number of nitrogens with two attached hydrogens (primary N) is 1. The van der Waals surface area contributed by atoms with Crippen molar-refractivity contribution in [3.8, 4) is 22.5 Å². The van der Waals surface area contributed by atoms with Gasteiger partial charge in [-0.05, 0) is 49.5 Å². The molecule has 0 unspecified atom stereocenters. The van der Waals surface area contributed by atoms with Gasteiger partial charge in [0.25, 0.3) is 0 Å². The maximum Gasteiger partial charge on any atom is 0.405 e. The molecule has 2 heterocycles. The molecule has 176 valence electrons. The Kier molecular flexibility index (Phi) is 5.61. The van der Waals surface area contributed by atoms with E-state index in [1.807, 2.05) is 78.2 Å². The summed E-state index contributed by atoms with van der Waals surface area (Å²) in [5, 5.41) is 12.0. The van der Waals surface area contributed by atoms with E-state index in [0.717, 1.165) is 58.5 Å². The minimum atomic E-state index is -1.01. The second kappa shape index (κ2) is 8.76. The molecule has 1 saturated carbocycles. The standard InChI is InChI=1S/C28H26N4O3/c1-18-16-21(10-13-23(29)33)26-30-24(25(32(26)17-18)20-6-3-2-4-7-20)19-8-11-22(12-9-19)28(14-5-15-28)31-27(34)35/h2-4,6-13,16-17,31H,5,14-15H2,1H3,(H2,29,33)(H,34,35). The number of hydrogen-bond donors (Lipinski definition) is 3. The average molecular weight is 467 g/mol. The van der Waals surface area contributed by atoms with Gasteiger partial charge in [-0.3, -0.25) is 9.20 Å². The highest BCUT2D eigenvalue weighted by Gasteiger charge is 2.40. The zero-order valence-corrected chi connectivity index (χ0v) is 19.4. The van der Waals surface area contributed by atoms with Crippen LogP contribution in [0.4, 0.5) is 4.79 Å². The summed E-state index contributed by atoms with van der Waals surface area (Å²) in [7, 11) is 0. The Bertz CT molecular complexity index is 1450. The number of aryl methyl sites for hydroxylation is 1. The van der Waals surface area contributed by atoms with Gasteiger partial charge in [-0.1, -0.05) is 54.6 Å². The van der Waals surface area contributed by atoms with E-state index in [4.69, 9.17) is 10.7 Å². The third-order valence-corrected chi connectivity index (χ3v) is 6.62. The number of imidazole rings is 1. The number of carbonyl (C=O) groups excluding carboxylic acids is 1. The fourth-order valence-electron chi connectivity index (χ4n) is 4.85. The summed E-state index contributed by atoms with van der Waals surface area (Å²) in [6.07, 6.45) is 6.63. The Labute approximate surface area is 202 Å². The molecule has 0 atom stereocenters. The highest BCUT2D eigenvalue weighted by molar-refractivity contribution is 5.92. The predicted molar refractivity (Wildman–Crippen MR) is 136 cm³/mol. The molecule has 0 bridgehead atoms. The lowest BCUT2D eigenvalue weighted by Gasteiger charge is -2.42. The lowest BCUT2D eigenvalue weighted by molar-refractivity contribution is -0.113. The monoisotopic (exact) mass is 466 g/mol. The van der Waals surface area contributed by atoms with Crippen LogP contribution in [0.25, 0.3) is 34.2 Å². The third-order valence-electron chi connectivity index (χ3n) is 6.62. The molecular weight excluding hydrogens is 440 g/mol. The average Bonchev–Trinajstić information content (AvgIpc) is 3.19. The van der Waals surface area contributed by atoms with Gasteiger partial charge >= 0.3 is 6.09 Å². The summed E-state index contributed by atoms with van der Waals surface area (Å²) in [6, 6.07) is 20.0. The molecule has 1 aliphatic rings. The zero-order valence-electron chi connectivity index (χ0n) is 19.4. The number of nitrogens with one attached hydrogen (secondary N) is 1. The Morgan fingerprint density at radius 2 is 1.80 bits per heavy atom. The molecule has 2 aromatic heterocycles. The van der Waals surface area contributed by atoms with Crippen LogP contribution in [0, 0.1) is 6.92 Å². The lowest BCUT2D eigenvalue weighted by Crippen LogP contribution is -2.50. The summed E-state index contributed by atoms with van der Waals surface area (Å²) < 4.78 is 2.05. The summed E-state index contributed by atoms with van der Waals surface area (Å²) in [5.41, 5.74) is 12.0. The van der Waals surface area contributed by atoms with E-state index in [1.165, 1.54) is 6.08 Å². The van der Waals surface area contributed by atoms with Gasteiger partial charge in [-0.25, -0.2) is 9.78 Å². The molecule has 0 aliphatic heterocycles. The number of carboxylic acid groups (broad SMARTS) is 1. The molecule has 1 fully saturated rings. The smallest absolute Gasteiger partial charge is 0.405 e. The van der Waals surface area contributed by atoms with Crippen molar-refractivity contribution >= 4 is 23.7 Å². The van der Waals surface area contributed by atoms with Crippen LogP contribution < -0.4 is 11.1 Å². The normalized spacial score (nSPS) is 14.7. The number of primary amides is 1. The molecule has 1 aliphatic carbocycles. The number of aromatic nitrogens is 2. The predicted octanol–water partition coefficient (Wildman–Crippen LogP) is 5.12. The van der Waals surface area contributed by atoms with E-state index < -0.39 is 17.5 Å². The summed E-state index contributed by atoms with van der Waals surface area (Å²) in [4.78, 5) is 27.8. The van der Waals surface area contributed by atoms with Gasteiger partial charge in [0.15, 0.2) is 0 Å². The molecule has 0 spiro atoms. The van der Waals surface area contributed by atoms with Gasteiger partial charge in [-0.15, -0.1) is 0 Å². The Hall–Kier alpha value is -4.39. The number of amides is 2. The van der Waals surface area contributed by atoms with Gasteiger partial charge in [0.1, 0.15) is 5.65 Å². The molecule has 2 amide bonds. The van der Waals surface area contributed by atoms with E-state index in [9.17, 15) is 14.7 Å². The van der Waals surface area contributed by atoms with E-state index in [1.54, 1.807) is 6.08 Å². The van der Waals surface area contributed by atoms with E-state index in [-0.39, 0.29) is 0 Å². The summed E-state index contributed by atoms with van der Waals surface area (Å²) >= 11 is 0. The molecular formula is C28H26N4O3. The van der Waals surface area contributed by atoms with E-state index in [2.05, 4.69) is 5.32 Å². The number of hydrogen-bond acceptors (Lipinski definition) is 3. The van der Waals surface area contributed by atoms with Crippen molar-refractivity contribution in [3.05, 3.63) is 89.6 Å². The minimum Gasteiger partial charge on any atom is -0.465 e. The molecule has 4 aromatic rings. The number of pyridine rings is 1. The summed E-state index contributed by atoms with van der Waals surface area (Å²) in [5.74, 6) is -0.518. The van der Waals surface area contributed by atoms with Crippen LogP contribution in [0.3, 0.4) is 0 Å². The molecule has 7 nitrogen and oxygen atoms in total. The maximum absolute atomic E-state index is 11.4. The van der Waals surface area contributed by atoms with Crippen molar-refractivity contribution in [2.24, 2.45) is 5.73 Å². The van der Waals surface area contributed by atoms with E-state index >= 15 is 0 Å². The molecule has 4 N–H and O–H groups in total. The van der Waals surface area contributed by atoms with Crippen molar-refractivity contribution in [3.63, 3.8) is 0 Å². The molecule has 0 saturated heterocycles. The first-order valence-corrected chi connectivity index (χ1v) is 11.5. The van der Waals surface area contributed by atoms with Crippen LogP contribution in [-0.4, -0.2) is 26.5 Å². The lowest BCUT2D eigenvalue weighted by atomic mass is 9.72. The third kappa shape index (κ3) is 4.17. The van der Waals surface area contributed by atoms with Crippen molar-refractivity contribution < 1.29 is 14.7 Å². The number of benzene rings is 2. The first kappa shape index (κ1) is 22.4. The highest BCUT2D eigenvalue weighted by Crippen LogP contribution is 2.42. The van der Waals surface area contributed by atoms with Crippen molar-refractivity contribution in [1.29, 1.82) is 0 Å². The number of nitrogens with zero attached hydrogens (tertiary/aromatic N) is 2. The largest absolute Gasteiger partial charge is 0.465 e. The van der Waals surface area contributed by atoms with Crippen LogP contribution in [0.1, 0.15) is 36.0 Å². The molecule has 35 heavy (non-hydrogen) atoms. The molecule has 2 aromatic carbocycles. The van der Waals surface area contributed by atoms with Crippen molar-refractivity contribution in [1.82, 2.24) is 14.7 Å². The molecule has 5 rings (SSSR count). The van der Waals surface area contributed by atoms with Gasteiger partial charge in [0.05, 0.1) is 16.9 Å². The van der Waals surface area contributed by atoms with Crippen LogP contribution in [0.2, 0.25) is 0 Å². The summed E-state index contributed by atoms with van der Waals surface area (Å²) in [6.45, 7) is 2.00. The first-order chi connectivity index (χ1) is 16.9. The van der Waals surface area contributed by atoms with Gasteiger partial charge in [0, 0.05) is 29.0 Å². The zero-order chi connectivity index (χ0) is 24.6. The number of carbonyl (C=O) groups is 2. The van der Waals surface area contributed by atoms with Crippen LogP contribution in [0.5, 0.6) is 0 Å². The topological polar surface area (TPSA) is 110 Å². The second-order valence-corrected chi connectivity index (χ2v) is 9.02. The van der Waals surface area contributed by atoms with Gasteiger partial charge < -0.3 is 16.2 Å². The Morgan fingerprint density at radius 1 is 1.09 bits per heavy atom. The van der Waals surface area contributed by atoms with Gasteiger partial charge in [-0.2, -0.15) is 0 Å². The minimum absolute atomic E-state index is 0.518. The SMILES string of the molecule is Cc1cc(C=CC(N)=O)c2nc(-c3ccc(C4(NC(=O)O)CCC4)cc3)c(-c3ccccc3)n2c1. The van der Waals surface area contributed by atoms with E-state index in [0.29, 0.717) is 5.65 Å².